The molecule has 0 aliphatic heterocycles. The number of hydrogen-bond donors (Lipinski definition) is 1. The first kappa shape index (κ1) is 18.0. The molecule has 0 radical (unpaired) electrons. The average molecular weight is 325 g/mol. The number of carbonyl (C=O) groups excluding carboxylic acids is 1. The summed E-state index contributed by atoms with van der Waals surface area (Å²) >= 11 is 0. The Bertz CT molecular complexity index is 671. The molecule has 0 atom stereocenters. The maximum atomic E-state index is 12.6. The van der Waals surface area contributed by atoms with Crippen LogP contribution in [0.1, 0.15) is 48.3 Å². The molecule has 0 aliphatic carbocycles. The van der Waals surface area contributed by atoms with E-state index in [4.69, 9.17) is 0 Å². The van der Waals surface area contributed by atoms with E-state index in [0.717, 1.165) is 48.4 Å². The third-order valence-corrected chi connectivity index (χ3v) is 4.05. The monoisotopic (exact) mass is 325 g/mol. The van der Waals surface area contributed by atoms with Crippen LogP contribution in [0.15, 0.2) is 36.5 Å². The molecule has 1 N–H and O–H groups in total. The highest BCUT2D eigenvalue weighted by atomic mass is 16.1. The Balaban J connectivity index is 2.22. The Morgan fingerprint density at radius 2 is 1.71 bits per heavy atom. The molecule has 1 heterocycles. The van der Waals surface area contributed by atoms with Crippen LogP contribution in [-0.4, -0.2) is 24.0 Å². The minimum Gasteiger partial charge on any atom is -0.371 e. The number of anilines is 2. The number of aromatic nitrogens is 1. The highest BCUT2D eigenvalue weighted by Gasteiger charge is 2.13. The first-order valence-corrected chi connectivity index (χ1v) is 8.65. The second-order valence-electron chi connectivity index (χ2n) is 6.11. The molecular formula is C20H27N3O. The molecule has 1 aromatic heterocycles. The van der Waals surface area contributed by atoms with Gasteiger partial charge in [0.2, 0.25) is 0 Å². The molecule has 2 rings (SSSR count). The Hall–Kier alpha value is -2.36. The lowest BCUT2D eigenvalue weighted by atomic mass is 10.1. The van der Waals surface area contributed by atoms with E-state index in [1.165, 1.54) is 0 Å². The van der Waals surface area contributed by atoms with Crippen LogP contribution >= 0.6 is 0 Å². The van der Waals surface area contributed by atoms with Crippen LogP contribution in [0.2, 0.25) is 0 Å². The zero-order chi connectivity index (χ0) is 17.5. The van der Waals surface area contributed by atoms with Crippen LogP contribution in [0.25, 0.3) is 0 Å². The van der Waals surface area contributed by atoms with E-state index in [-0.39, 0.29) is 5.91 Å². The lowest BCUT2D eigenvalue weighted by Crippen LogP contribution is -2.25. The van der Waals surface area contributed by atoms with E-state index < -0.39 is 0 Å². The number of nitrogens with zero attached hydrogens (tertiary/aromatic N) is 2. The standard InChI is InChI=1S/C20H27N3O/c1-5-12-23(13-6-2)17-10-11-21-18(14-17)20(24)22-19-15(3)8-7-9-16(19)4/h7-11,14H,5-6,12-13H2,1-4H3,(H,22,24). The first-order chi connectivity index (χ1) is 11.6. The van der Waals surface area contributed by atoms with E-state index in [9.17, 15) is 4.79 Å². The molecule has 24 heavy (non-hydrogen) atoms. The van der Waals surface area contributed by atoms with Crippen molar-refractivity contribution in [3.63, 3.8) is 0 Å². The van der Waals surface area contributed by atoms with Crippen molar-refractivity contribution in [2.75, 3.05) is 23.3 Å². The number of benzene rings is 1. The summed E-state index contributed by atoms with van der Waals surface area (Å²) in [6, 6.07) is 9.84. The van der Waals surface area contributed by atoms with Crippen LogP contribution < -0.4 is 10.2 Å². The number of hydrogen-bond acceptors (Lipinski definition) is 3. The van der Waals surface area contributed by atoms with Gasteiger partial charge in [0.1, 0.15) is 5.69 Å². The number of rotatable bonds is 7. The van der Waals surface area contributed by atoms with Crippen LogP contribution in [0.4, 0.5) is 11.4 Å². The van der Waals surface area contributed by atoms with E-state index in [0.29, 0.717) is 5.69 Å². The van der Waals surface area contributed by atoms with Crippen LogP contribution in [0.5, 0.6) is 0 Å². The maximum absolute atomic E-state index is 12.6. The highest BCUT2D eigenvalue weighted by molar-refractivity contribution is 6.04. The molecule has 0 aliphatic rings. The molecule has 0 saturated carbocycles. The largest absolute Gasteiger partial charge is 0.371 e. The van der Waals surface area contributed by atoms with Gasteiger partial charge < -0.3 is 10.2 Å². The van der Waals surface area contributed by atoms with Crippen molar-refractivity contribution in [2.24, 2.45) is 0 Å². The number of aryl methyl sites for hydroxylation is 2. The number of nitrogens with one attached hydrogen (secondary N) is 1. The van der Waals surface area contributed by atoms with Gasteiger partial charge in [0.15, 0.2) is 0 Å². The fourth-order valence-corrected chi connectivity index (χ4v) is 2.84. The lowest BCUT2D eigenvalue weighted by Gasteiger charge is -2.24. The second-order valence-corrected chi connectivity index (χ2v) is 6.11. The van der Waals surface area contributed by atoms with Gasteiger partial charge in [0.25, 0.3) is 5.91 Å². The predicted octanol–water partition coefficient (Wildman–Crippen LogP) is 4.58. The van der Waals surface area contributed by atoms with Crippen molar-refractivity contribution in [3.05, 3.63) is 53.3 Å². The molecule has 0 unspecified atom stereocenters. The highest BCUT2D eigenvalue weighted by Crippen LogP contribution is 2.21. The van der Waals surface area contributed by atoms with Crippen molar-refractivity contribution in [3.8, 4) is 0 Å². The van der Waals surface area contributed by atoms with Crippen LogP contribution in [-0.2, 0) is 0 Å². The summed E-state index contributed by atoms with van der Waals surface area (Å²) in [4.78, 5) is 19.2. The van der Waals surface area contributed by atoms with E-state index in [2.05, 4.69) is 29.0 Å². The maximum Gasteiger partial charge on any atom is 0.274 e. The van der Waals surface area contributed by atoms with Gasteiger partial charge in [0.05, 0.1) is 0 Å². The SMILES string of the molecule is CCCN(CCC)c1ccnc(C(=O)Nc2c(C)cccc2C)c1. The first-order valence-electron chi connectivity index (χ1n) is 8.65. The molecular weight excluding hydrogens is 298 g/mol. The van der Waals surface area contributed by atoms with Gasteiger partial charge in [-0.2, -0.15) is 0 Å². The third kappa shape index (κ3) is 4.34. The minimum atomic E-state index is -0.165. The zero-order valence-corrected chi connectivity index (χ0v) is 15.1. The third-order valence-electron chi connectivity index (χ3n) is 4.05. The minimum absolute atomic E-state index is 0.165. The molecule has 1 amide bonds. The molecule has 1 aromatic carbocycles. The van der Waals surface area contributed by atoms with Crippen molar-refractivity contribution >= 4 is 17.3 Å². The molecule has 0 fully saturated rings. The fraction of sp³-hybridized carbons (Fsp3) is 0.400. The normalized spacial score (nSPS) is 10.5. The number of carbonyl (C=O) groups is 1. The molecule has 0 spiro atoms. The summed E-state index contributed by atoms with van der Waals surface area (Å²) in [6.07, 6.45) is 3.87. The van der Waals surface area contributed by atoms with E-state index in [1.54, 1.807) is 6.20 Å². The van der Waals surface area contributed by atoms with Crippen molar-refractivity contribution in [2.45, 2.75) is 40.5 Å². The summed E-state index contributed by atoms with van der Waals surface area (Å²) in [5, 5.41) is 3.00. The molecule has 128 valence electrons. The molecule has 0 saturated heterocycles. The Morgan fingerprint density at radius 3 is 2.29 bits per heavy atom. The Labute approximate surface area is 144 Å². The van der Waals surface area contributed by atoms with Crippen LogP contribution in [0.3, 0.4) is 0 Å². The number of para-hydroxylation sites is 1. The number of pyridine rings is 1. The van der Waals surface area contributed by atoms with Crippen molar-refractivity contribution in [1.29, 1.82) is 0 Å². The molecule has 2 aromatic rings. The van der Waals surface area contributed by atoms with Gasteiger partial charge in [-0.15, -0.1) is 0 Å². The van der Waals surface area contributed by atoms with Crippen LogP contribution in [0, 0.1) is 13.8 Å². The van der Waals surface area contributed by atoms with Gasteiger partial charge in [-0.25, -0.2) is 0 Å². The number of amides is 1. The van der Waals surface area contributed by atoms with Crippen molar-refractivity contribution in [1.82, 2.24) is 4.98 Å². The summed E-state index contributed by atoms with van der Waals surface area (Å²) in [7, 11) is 0. The quantitative estimate of drug-likeness (QED) is 0.810. The Kier molecular flexibility index (Phi) is 6.36. The molecule has 4 nitrogen and oxygen atoms in total. The summed E-state index contributed by atoms with van der Waals surface area (Å²) in [5.74, 6) is -0.165. The van der Waals surface area contributed by atoms with Gasteiger partial charge in [0, 0.05) is 30.7 Å². The van der Waals surface area contributed by atoms with E-state index >= 15 is 0 Å². The van der Waals surface area contributed by atoms with Gasteiger partial charge in [-0.1, -0.05) is 32.0 Å². The topological polar surface area (TPSA) is 45.2 Å². The Morgan fingerprint density at radius 1 is 1.08 bits per heavy atom. The molecule has 4 heteroatoms. The van der Waals surface area contributed by atoms with Gasteiger partial charge >= 0.3 is 0 Å². The zero-order valence-electron chi connectivity index (χ0n) is 15.1. The van der Waals surface area contributed by atoms with Gasteiger partial charge in [-0.05, 0) is 49.9 Å². The smallest absolute Gasteiger partial charge is 0.274 e. The fourth-order valence-electron chi connectivity index (χ4n) is 2.84. The summed E-state index contributed by atoms with van der Waals surface area (Å²) in [6.45, 7) is 10.3. The molecule has 0 bridgehead atoms. The van der Waals surface area contributed by atoms with Crippen molar-refractivity contribution < 1.29 is 4.79 Å². The average Bonchev–Trinajstić information content (AvgIpc) is 2.58. The summed E-state index contributed by atoms with van der Waals surface area (Å²) in [5.41, 5.74) is 4.48. The summed E-state index contributed by atoms with van der Waals surface area (Å²) < 4.78 is 0. The van der Waals surface area contributed by atoms with E-state index in [1.807, 2.05) is 44.2 Å². The lowest BCUT2D eigenvalue weighted by molar-refractivity contribution is 0.102. The second kappa shape index (κ2) is 8.48. The predicted molar refractivity (Wildman–Crippen MR) is 101 cm³/mol. The van der Waals surface area contributed by atoms with Gasteiger partial charge in [-0.3, -0.25) is 9.78 Å².